The lowest BCUT2D eigenvalue weighted by Crippen LogP contribution is -2.03. The van der Waals surface area contributed by atoms with Gasteiger partial charge in [-0.1, -0.05) is 0 Å². The molecule has 0 radical (unpaired) electrons. The maximum Gasteiger partial charge on any atom is 0.273 e. The summed E-state index contributed by atoms with van der Waals surface area (Å²) >= 11 is 0. The SMILES string of the molecule is CNc1cc(NCc2cnn(C)c2C)cc([N+](=O)[O-])c1. The molecule has 0 amide bonds. The third kappa shape index (κ3) is 2.87. The smallest absolute Gasteiger partial charge is 0.273 e. The highest BCUT2D eigenvalue weighted by atomic mass is 16.6. The summed E-state index contributed by atoms with van der Waals surface area (Å²) in [6.45, 7) is 2.56. The molecule has 0 fully saturated rings. The van der Waals surface area contributed by atoms with Crippen LogP contribution in [0, 0.1) is 17.0 Å². The molecule has 7 heteroatoms. The molecule has 0 atom stereocenters. The van der Waals surface area contributed by atoms with E-state index in [4.69, 9.17) is 0 Å². The van der Waals surface area contributed by atoms with Gasteiger partial charge in [-0.15, -0.1) is 0 Å². The Hall–Kier alpha value is -2.57. The van der Waals surface area contributed by atoms with Crippen molar-refractivity contribution in [1.82, 2.24) is 9.78 Å². The molecule has 0 aliphatic carbocycles. The van der Waals surface area contributed by atoms with Crippen LogP contribution in [0.15, 0.2) is 24.4 Å². The fraction of sp³-hybridized carbons (Fsp3) is 0.308. The van der Waals surface area contributed by atoms with Gasteiger partial charge in [0, 0.05) is 55.4 Å². The second-order valence-corrected chi connectivity index (χ2v) is 4.51. The van der Waals surface area contributed by atoms with E-state index in [9.17, 15) is 10.1 Å². The van der Waals surface area contributed by atoms with Gasteiger partial charge in [0.05, 0.1) is 11.1 Å². The van der Waals surface area contributed by atoms with Crippen molar-refractivity contribution in [2.24, 2.45) is 7.05 Å². The number of nitro groups is 1. The van der Waals surface area contributed by atoms with E-state index in [2.05, 4.69) is 15.7 Å². The molecule has 0 bridgehead atoms. The van der Waals surface area contributed by atoms with Gasteiger partial charge in [-0.3, -0.25) is 14.8 Å². The van der Waals surface area contributed by atoms with Crippen LogP contribution in [0.4, 0.5) is 17.1 Å². The minimum absolute atomic E-state index is 0.0576. The summed E-state index contributed by atoms with van der Waals surface area (Å²) < 4.78 is 1.80. The quantitative estimate of drug-likeness (QED) is 0.646. The molecular formula is C13H17N5O2. The highest BCUT2D eigenvalue weighted by molar-refractivity contribution is 5.63. The molecule has 0 saturated heterocycles. The van der Waals surface area contributed by atoms with Crippen LogP contribution in [-0.4, -0.2) is 21.8 Å². The summed E-state index contributed by atoms with van der Waals surface area (Å²) in [6.07, 6.45) is 1.79. The van der Waals surface area contributed by atoms with Crippen molar-refractivity contribution in [1.29, 1.82) is 0 Å². The molecule has 2 N–H and O–H groups in total. The predicted octanol–water partition coefficient (Wildman–Crippen LogP) is 2.29. The number of anilines is 2. The van der Waals surface area contributed by atoms with Gasteiger partial charge in [0.2, 0.25) is 0 Å². The van der Waals surface area contributed by atoms with Gasteiger partial charge in [0.25, 0.3) is 5.69 Å². The molecule has 2 aromatic rings. The van der Waals surface area contributed by atoms with E-state index in [1.165, 1.54) is 12.1 Å². The fourth-order valence-electron chi connectivity index (χ4n) is 1.88. The Morgan fingerprint density at radius 1 is 1.35 bits per heavy atom. The molecule has 0 aliphatic rings. The molecule has 1 heterocycles. The van der Waals surface area contributed by atoms with Crippen LogP contribution in [0.5, 0.6) is 0 Å². The monoisotopic (exact) mass is 275 g/mol. The second-order valence-electron chi connectivity index (χ2n) is 4.51. The first-order chi connectivity index (χ1) is 9.51. The number of nitro benzene ring substituents is 1. The zero-order valence-electron chi connectivity index (χ0n) is 11.7. The minimum Gasteiger partial charge on any atom is -0.388 e. The van der Waals surface area contributed by atoms with Crippen LogP contribution in [0.25, 0.3) is 0 Å². The summed E-state index contributed by atoms with van der Waals surface area (Å²) in [5.74, 6) is 0. The van der Waals surface area contributed by atoms with Gasteiger partial charge in [-0.2, -0.15) is 5.10 Å². The maximum absolute atomic E-state index is 10.9. The van der Waals surface area contributed by atoms with Crippen LogP contribution < -0.4 is 10.6 Å². The Bertz CT molecular complexity index is 636. The van der Waals surface area contributed by atoms with Crippen molar-refractivity contribution >= 4 is 17.1 Å². The number of rotatable bonds is 5. The molecular weight excluding hydrogens is 258 g/mol. The largest absolute Gasteiger partial charge is 0.388 e. The zero-order valence-corrected chi connectivity index (χ0v) is 11.7. The van der Waals surface area contributed by atoms with Crippen molar-refractivity contribution < 1.29 is 4.92 Å². The van der Waals surface area contributed by atoms with Crippen LogP contribution in [0.1, 0.15) is 11.3 Å². The Labute approximate surface area is 116 Å². The summed E-state index contributed by atoms with van der Waals surface area (Å²) in [5, 5.41) is 21.2. The molecule has 0 spiro atoms. The Morgan fingerprint density at radius 3 is 2.60 bits per heavy atom. The van der Waals surface area contributed by atoms with E-state index in [-0.39, 0.29) is 5.69 Å². The van der Waals surface area contributed by atoms with Gasteiger partial charge in [0.1, 0.15) is 0 Å². The molecule has 1 aromatic carbocycles. The normalized spacial score (nSPS) is 10.3. The molecule has 1 aromatic heterocycles. The number of nitrogens with zero attached hydrogens (tertiary/aromatic N) is 3. The lowest BCUT2D eigenvalue weighted by atomic mass is 10.2. The Balaban J connectivity index is 2.18. The van der Waals surface area contributed by atoms with Crippen LogP contribution >= 0.6 is 0 Å². The van der Waals surface area contributed by atoms with E-state index in [1.807, 2.05) is 20.0 Å². The van der Waals surface area contributed by atoms with E-state index < -0.39 is 4.92 Å². The summed E-state index contributed by atoms with van der Waals surface area (Å²) in [5.41, 5.74) is 3.58. The average Bonchev–Trinajstić information content (AvgIpc) is 2.76. The molecule has 106 valence electrons. The van der Waals surface area contributed by atoms with Gasteiger partial charge in [-0.05, 0) is 13.0 Å². The van der Waals surface area contributed by atoms with Crippen molar-refractivity contribution in [2.45, 2.75) is 13.5 Å². The zero-order chi connectivity index (χ0) is 14.7. The topological polar surface area (TPSA) is 85.0 Å². The van der Waals surface area contributed by atoms with E-state index >= 15 is 0 Å². The molecule has 0 unspecified atom stereocenters. The number of non-ortho nitro benzene ring substituents is 1. The van der Waals surface area contributed by atoms with Crippen LogP contribution in [0.3, 0.4) is 0 Å². The minimum atomic E-state index is -0.401. The molecule has 20 heavy (non-hydrogen) atoms. The third-order valence-electron chi connectivity index (χ3n) is 3.24. The standard InChI is InChI=1S/C13H17N5O2/c1-9-10(8-16-17(9)3)7-15-12-4-11(14-2)5-13(6-12)18(19)20/h4-6,8,14-15H,7H2,1-3H3. The highest BCUT2D eigenvalue weighted by Gasteiger charge is 2.10. The predicted molar refractivity (Wildman–Crippen MR) is 77.9 cm³/mol. The average molecular weight is 275 g/mol. The lowest BCUT2D eigenvalue weighted by Gasteiger charge is -2.08. The number of hydrogen-bond acceptors (Lipinski definition) is 5. The third-order valence-corrected chi connectivity index (χ3v) is 3.24. The number of hydrogen-bond donors (Lipinski definition) is 2. The fourth-order valence-corrected chi connectivity index (χ4v) is 1.88. The van der Waals surface area contributed by atoms with Gasteiger partial charge in [-0.25, -0.2) is 0 Å². The van der Waals surface area contributed by atoms with E-state index in [1.54, 1.807) is 17.9 Å². The van der Waals surface area contributed by atoms with Crippen molar-refractivity contribution in [3.05, 3.63) is 45.8 Å². The van der Waals surface area contributed by atoms with Crippen molar-refractivity contribution in [2.75, 3.05) is 17.7 Å². The van der Waals surface area contributed by atoms with Gasteiger partial charge < -0.3 is 10.6 Å². The summed E-state index contributed by atoms with van der Waals surface area (Å²) in [6, 6.07) is 4.85. The van der Waals surface area contributed by atoms with E-state index in [0.29, 0.717) is 17.9 Å². The highest BCUT2D eigenvalue weighted by Crippen LogP contribution is 2.24. The van der Waals surface area contributed by atoms with E-state index in [0.717, 1.165) is 11.3 Å². The maximum atomic E-state index is 10.9. The number of aryl methyl sites for hydroxylation is 1. The summed E-state index contributed by atoms with van der Waals surface area (Å²) in [4.78, 5) is 10.5. The first kappa shape index (κ1) is 13.9. The van der Waals surface area contributed by atoms with Gasteiger partial charge in [0.15, 0.2) is 0 Å². The molecule has 0 aliphatic heterocycles. The molecule has 7 nitrogen and oxygen atoms in total. The summed E-state index contributed by atoms with van der Waals surface area (Å²) in [7, 11) is 3.61. The second kappa shape index (κ2) is 5.60. The number of benzene rings is 1. The van der Waals surface area contributed by atoms with Crippen LogP contribution in [0.2, 0.25) is 0 Å². The Morgan fingerprint density at radius 2 is 2.05 bits per heavy atom. The number of aromatic nitrogens is 2. The molecule has 2 rings (SSSR count). The van der Waals surface area contributed by atoms with Crippen LogP contribution in [-0.2, 0) is 13.6 Å². The Kier molecular flexibility index (Phi) is 3.88. The van der Waals surface area contributed by atoms with Gasteiger partial charge >= 0.3 is 0 Å². The first-order valence-corrected chi connectivity index (χ1v) is 6.20. The lowest BCUT2D eigenvalue weighted by molar-refractivity contribution is -0.384. The first-order valence-electron chi connectivity index (χ1n) is 6.20. The van der Waals surface area contributed by atoms with Crippen molar-refractivity contribution in [3.8, 4) is 0 Å². The molecule has 0 saturated carbocycles. The number of nitrogens with one attached hydrogen (secondary N) is 2. The van der Waals surface area contributed by atoms with Crippen molar-refractivity contribution in [3.63, 3.8) is 0 Å².